The van der Waals surface area contributed by atoms with E-state index in [1.807, 2.05) is 6.92 Å². The van der Waals surface area contributed by atoms with Crippen molar-refractivity contribution in [3.63, 3.8) is 0 Å². The molecule has 1 aliphatic heterocycles. The number of hydrogen-bond donors (Lipinski definition) is 4. The summed E-state index contributed by atoms with van der Waals surface area (Å²) in [6.45, 7) is 18.1. The van der Waals surface area contributed by atoms with Crippen molar-refractivity contribution < 1.29 is 14.4 Å². The number of allylic oxidation sites excluding steroid dienone is 1. The van der Waals surface area contributed by atoms with Gasteiger partial charge in [0.15, 0.2) is 0 Å². The van der Waals surface area contributed by atoms with E-state index < -0.39 is 5.91 Å². The van der Waals surface area contributed by atoms with Crippen LogP contribution in [0.5, 0.6) is 0 Å². The zero-order chi connectivity index (χ0) is 35.1. The Balaban J connectivity index is 1.62. The molecule has 4 amide bonds. The van der Waals surface area contributed by atoms with Crippen LogP contribution in [-0.2, 0) is 4.79 Å². The Labute approximate surface area is 284 Å². The van der Waals surface area contributed by atoms with E-state index in [1.54, 1.807) is 60.5 Å². The highest BCUT2D eigenvalue weighted by atomic mass is 16.2. The van der Waals surface area contributed by atoms with Crippen molar-refractivity contribution in [1.29, 1.82) is 5.26 Å². The van der Waals surface area contributed by atoms with Crippen LogP contribution in [0.4, 0.5) is 21.9 Å². The minimum atomic E-state index is -0.393. The number of piperazine rings is 1. The number of nitrogens with zero attached hydrogens (tertiary/aromatic N) is 4. The predicted molar refractivity (Wildman–Crippen MR) is 194 cm³/mol. The van der Waals surface area contributed by atoms with Crippen molar-refractivity contribution in [1.82, 2.24) is 15.1 Å². The van der Waals surface area contributed by atoms with Gasteiger partial charge in [-0.1, -0.05) is 46.3 Å². The number of nitriles is 1. The summed E-state index contributed by atoms with van der Waals surface area (Å²) in [5.41, 5.74) is 4.33. The van der Waals surface area contributed by atoms with Crippen LogP contribution in [-0.4, -0.2) is 65.7 Å². The Bertz CT molecular complexity index is 1560. The van der Waals surface area contributed by atoms with E-state index in [9.17, 15) is 14.4 Å². The molecule has 3 rings (SSSR count). The third-order valence-corrected chi connectivity index (χ3v) is 8.04. The minimum Gasteiger partial charge on any atom is -0.368 e. The molecule has 11 nitrogen and oxygen atoms in total. The van der Waals surface area contributed by atoms with Crippen molar-refractivity contribution in [2.45, 2.75) is 65.8 Å². The van der Waals surface area contributed by atoms with Crippen molar-refractivity contribution in [2.75, 3.05) is 42.1 Å². The first-order valence-electron chi connectivity index (χ1n) is 16.4. The van der Waals surface area contributed by atoms with Crippen LogP contribution in [0, 0.1) is 11.3 Å². The maximum atomic E-state index is 13.1. The summed E-state index contributed by atoms with van der Waals surface area (Å²) in [5, 5.41) is 21.0. The van der Waals surface area contributed by atoms with E-state index in [0.29, 0.717) is 60.2 Å². The first kappa shape index (κ1) is 37.1. The number of aliphatic imine (C=N–C) groups is 1. The van der Waals surface area contributed by atoms with Crippen LogP contribution in [0.25, 0.3) is 0 Å². The first-order valence-corrected chi connectivity index (χ1v) is 16.4. The van der Waals surface area contributed by atoms with Crippen LogP contribution >= 0.6 is 0 Å². The van der Waals surface area contributed by atoms with Gasteiger partial charge in [-0.2, -0.15) is 5.26 Å². The topological polar surface area (TPSA) is 142 Å². The van der Waals surface area contributed by atoms with Crippen LogP contribution in [0.2, 0.25) is 0 Å². The summed E-state index contributed by atoms with van der Waals surface area (Å²) in [7, 11) is 0. The van der Waals surface area contributed by atoms with E-state index in [2.05, 4.69) is 64.2 Å². The fourth-order valence-corrected chi connectivity index (χ4v) is 5.19. The molecule has 11 heteroatoms. The lowest BCUT2D eigenvalue weighted by Crippen LogP contribution is -2.49. The van der Waals surface area contributed by atoms with Gasteiger partial charge in [0.2, 0.25) is 5.91 Å². The first-order chi connectivity index (χ1) is 23.1. The quantitative estimate of drug-likeness (QED) is 0.0760. The van der Waals surface area contributed by atoms with Gasteiger partial charge >= 0.3 is 6.03 Å². The highest BCUT2D eigenvalue weighted by molar-refractivity contribution is 6.06. The number of rotatable bonds is 14. The van der Waals surface area contributed by atoms with Crippen LogP contribution in [0.15, 0.2) is 84.2 Å². The van der Waals surface area contributed by atoms with Crippen LogP contribution in [0.1, 0.15) is 75.7 Å². The SMILES string of the molecule is C=CC(=O)Nc1cc(C(=O)NC(CCC)CCCC)ccc1NC(C)=NC=C(C)C(=C)N1CCN(C(=O)Nc2ccc(C#N)cc2)CC1. The number of urea groups is 1. The molecule has 0 aromatic heterocycles. The highest BCUT2D eigenvalue weighted by Crippen LogP contribution is 2.25. The number of amides is 4. The molecule has 0 aliphatic carbocycles. The van der Waals surface area contributed by atoms with Gasteiger partial charge in [-0.15, -0.1) is 0 Å². The Morgan fingerprint density at radius 3 is 2.25 bits per heavy atom. The van der Waals surface area contributed by atoms with Gasteiger partial charge in [-0.05, 0) is 80.8 Å². The number of unbranched alkanes of at least 4 members (excludes halogenated alkanes) is 1. The lowest BCUT2D eigenvalue weighted by atomic mass is 10.0. The summed E-state index contributed by atoms with van der Waals surface area (Å²) >= 11 is 0. The molecule has 1 atom stereocenters. The summed E-state index contributed by atoms with van der Waals surface area (Å²) in [5.74, 6) is -0.00312. The number of benzene rings is 2. The Hall–Kier alpha value is -5.37. The Morgan fingerprint density at radius 1 is 0.938 bits per heavy atom. The molecule has 1 heterocycles. The van der Waals surface area contributed by atoms with Gasteiger partial charge in [-0.3, -0.25) is 9.59 Å². The lowest BCUT2D eigenvalue weighted by molar-refractivity contribution is -0.111. The molecule has 2 aromatic rings. The smallest absolute Gasteiger partial charge is 0.321 e. The number of hydrogen-bond acceptors (Lipinski definition) is 6. The molecular weight excluding hydrogens is 604 g/mol. The number of amidine groups is 1. The summed E-state index contributed by atoms with van der Waals surface area (Å²) < 4.78 is 0. The second kappa shape index (κ2) is 18.7. The van der Waals surface area contributed by atoms with Gasteiger partial charge in [0.25, 0.3) is 5.91 Å². The van der Waals surface area contributed by atoms with Crippen LogP contribution in [0.3, 0.4) is 0 Å². The second-order valence-electron chi connectivity index (χ2n) is 11.7. The van der Waals surface area contributed by atoms with Crippen LogP contribution < -0.4 is 21.3 Å². The van der Waals surface area contributed by atoms with Gasteiger partial charge < -0.3 is 31.1 Å². The van der Waals surface area contributed by atoms with Gasteiger partial charge in [0, 0.05) is 55.4 Å². The average molecular weight is 653 g/mol. The largest absolute Gasteiger partial charge is 0.368 e. The number of carbonyl (C=O) groups is 3. The van der Waals surface area contributed by atoms with Gasteiger partial charge in [-0.25, -0.2) is 9.79 Å². The fourth-order valence-electron chi connectivity index (χ4n) is 5.19. The highest BCUT2D eigenvalue weighted by Gasteiger charge is 2.22. The number of nitrogens with one attached hydrogen (secondary N) is 4. The average Bonchev–Trinajstić information content (AvgIpc) is 3.10. The summed E-state index contributed by atoms with van der Waals surface area (Å²) in [4.78, 5) is 46.5. The van der Waals surface area contributed by atoms with E-state index in [4.69, 9.17) is 5.26 Å². The molecule has 1 fully saturated rings. The van der Waals surface area contributed by atoms with E-state index in [-0.39, 0.29) is 18.0 Å². The van der Waals surface area contributed by atoms with Gasteiger partial charge in [0.1, 0.15) is 5.84 Å². The molecule has 1 saturated heterocycles. The predicted octanol–water partition coefficient (Wildman–Crippen LogP) is 6.87. The fraction of sp³-hybridized carbons (Fsp3) is 0.378. The molecule has 0 radical (unpaired) electrons. The Kier molecular flexibility index (Phi) is 14.4. The van der Waals surface area contributed by atoms with Crippen molar-refractivity contribution in [2.24, 2.45) is 4.99 Å². The molecule has 0 bridgehead atoms. The standard InChI is InChI=1S/C37H48N8O3/c1-7-10-12-31(11-8-2)41-36(47)30-15-18-33(34(23-30)43-35(46)9-3)40-28(6)39-25-26(4)27(5)44-19-21-45(22-20-44)37(48)42-32-16-13-29(24-38)14-17-32/h9,13-18,23,25,31H,3,5,7-8,10-12,19-22H2,1-2,4,6H3,(H,39,40)(H,41,47)(H,42,48)(H,43,46). The second-order valence-corrected chi connectivity index (χ2v) is 11.7. The number of anilines is 3. The third-order valence-electron chi connectivity index (χ3n) is 8.04. The summed E-state index contributed by atoms with van der Waals surface area (Å²) in [6, 6.07) is 13.9. The molecule has 2 aromatic carbocycles. The minimum absolute atomic E-state index is 0.106. The molecule has 0 saturated carbocycles. The van der Waals surface area contributed by atoms with Crippen molar-refractivity contribution in [3.8, 4) is 6.07 Å². The van der Waals surface area contributed by atoms with E-state index >= 15 is 0 Å². The van der Waals surface area contributed by atoms with Crippen molar-refractivity contribution in [3.05, 3.63) is 90.3 Å². The molecule has 1 unspecified atom stereocenters. The molecule has 0 spiro atoms. The Morgan fingerprint density at radius 2 is 1.62 bits per heavy atom. The van der Waals surface area contributed by atoms with E-state index in [1.165, 1.54) is 6.08 Å². The maximum absolute atomic E-state index is 13.1. The van der Waals surface area contributed by atoms with E-state index in [0.717, 1.165) is 43.4 Å². The van der Waals surface area contributed by atoms with Crippen molar-refractivity contribution >= 4 is 40.7 Å². The number of carbonyl (C=O) groups excluding carboxylic acids is 3. The molecular formula is C37H48N8O3. The maximum Gasteiger partial charge on any atom is 0.321 e. The molecule has 254 valence electrons. The normalized spacial score (nSPS) is 14.0. The zero-order valence-corrected chi connectivity index (χ0v) is 28.6. The molecule has 1 aliphatic rings. The monoisotopic (exact) mass is 652 g/mol. The summed E-state index contributed by atoms with van der Waals surface area (Å²) in [6.07, 6.45) is 7.84. The van der Waals surface area contributed by atoms with Gasteiger partial charge in [0.05, 0.1) is 23.0 Å². The molecule has 48 heavy (non-hydrogen) atoms. The lowest BCUT2D eigenvalue weighted by Gasteiger charge is -2.37. The molecule has 4 N–H and O–H groups in total. The zero-order valence-electron chi connectivity index (χ0n) is 28.6. The third kappa shape index (κ3) is 11.2.